The monoisotopic (exact) mass is 268 g/mol. The van der Waals surface area contributed by atoms with Gasteiger partial charge in [0, 0.05) is 17.8 Å². The summed E-state index contributed by atoms with van der Waals surface area (Å²) in [4.78, 5) is 0. The van der Waals surface area contributed by atoms with E-state index < -0.39 is 0 Å². The van der Waals surface area contributed by atoms with Crippen molar-refractivity contribution < 1.29 is 9.84 Å². The van der Waals surface area contributed by atoms with Gasteiger partial charge in [-0.1, -0.05) is 48.1 Å². The Bertz CT molecular complexity index is 558. The molecule has 0 amide bonds. The van der Waals surface area contributed by atoms with Gasteiger partial charge in [0.25, 0.3) is 0 Å². The standard InChI is InChI=1S/C18H20O2/c19-18-9-8-14-15(18)7-6-13(12-4-2-1-3-5-12)16-10-20-11-17(14)16/h1-7,13,15-16,18-19H,8-11H2/t13-,15-,16+,18+/m0/s1. The molecule has 4 atom stereocenters. The third kappa shape index (κ3) is 1.87. The minimum Gasteiger partial charge on any atom is -0.392 e. The van der Waals surface area contributed by atoms with Crippen LogP contribution in [0.1, 0.15) is 24.3 Å². The van der Waals surface area contributed by atoms with E-state index in [1.165, 1.54) is 16.7 Å². The van der Waals surface area contributed by atoms with E-state index in [1.807, 2.05) is 0 Å². The number of hydrogen-bond donors (Lipinski definition) is 1. The van der Waals surface area contributed by atoms with Crippen molar-refractivity contribution in [3.8, 4) is 0 Å². The van der Waals surface area contributed by atoms with Crippen molar-refractivity contribution in [2.45, 2.75) is 24.9 Å². The number of benzene rings is 1. The molecule has 0 aromatic heterocycles. The highest BCUT2D eigenvalue weighted by atomic mass is 16.5. The van der Waals surface area contributed by atoms with E-state index in [2.05, 4.69) is 42.5 Å². The summed E-state index contributed by atoms with van der Waals surface area (Å²) >= 11 is 0. The van der Waals surface area contributed by atoms with E-state index in [0.29, 0.717) is 11.8 Å². The topological polar surface area (TPSA) is 29.5 Å². The maximum absolute atomic E-state index is 10.2. The van der Waals surface area contributed by atoms with Crippen molar-refractivity contribution in [1.29, 1.82) is 0 Å². The van der Waals surface area contributed by atoms with Crippen LogP contribution in [0, 0.1) is 11.8 Å². The summed E-state index contributed by atoms with van der Waals surface area (Å²) in [5, 5.41) is 10.2. The Kier molecular flexibility index (Phi) is 3.01. The highest BCUT2D eigenvalue weighted by Crippen LogP contribution is 2.46. The first kappa shape index (κ1) is 12.4. The summed E-state index contributed by atoms with van der Waals surface area (Å²) in [6, 6.07) is 10.7. The SMILES string of the molecule is O[C@@H]1CCC2=C3COC[C@@H]3[C@H](c3ccccc3)C=C[C@@H]21. The molecule has 0 radical (unpaired) electrons. The van der Waals surface area contributed by atoms with Crippen LogP contribution in [0.5, 0.6) is 0 Å². The Balaban J connectivity index is 1.79. The van der Waals surface area contributed by atoms with Gasteiger partial charge in [-0.3, -0.25) is 0 Å². The molecule has 2 aliphatic carbocycles. The lowest BCUT2D eigenvalue weighted by atomic mass is 9.82. The quantitative estimate of drug-likeness (QED) is 0.793. The molecule has 1 aromatic carbocycles. The van der Waals surface area contributed by atoms with Gasteiger partial charge >= 0.3 is 0 Å². The van der Waals surface area contributed by atoms with E-state index in [9.17, 15) is 5.11 Å². The summed E-state index contributed by atoms with van der Waals surface area (Å²) in [5.41, 5.74) is 4.27. The lowest BCUT2D eigenvalue weighted by Gasteiger charge is -2.21. The van der Waals surface area contributed by atoms with Gasteiger partial charge in [-0.15, -0.1) is 0 Å². The normalized spacial score (nSPS) is 35.9. The maximum Gasteiger partial charge on any atom is 0.0683 e. The molecule has 2 heteroatoms. The Hall–Kier alpha value is -1.38. The number of hydrogen-bond acceptors (Lipinski definition) is 2. The molecule has 1 saturated heterocycles. The van der Waals surface area contributed by atoms with Crippen molar-refractivity contribution in [2.24, 2.45) is 11.8 Å². The van der Waals surface area contributed by atoms with Gasteiger partial charge in [0.05, 0.1) is 19.3 Å². The van der Waals surface area contributed by atoms with Gasteiger partial charge < -0.3 is 9.84 Å². The van der Waals surface area contributed by atoms with Crippen LogP contribution < -0.4 is 0 Å². The van der Waals surface area contributed by atoms with E-state index in [-0.39, 0.29) is 12.0 Å². The lowest BCUT2D eigenvalue weighted by molar-refractivity contribution is 0.159. The van der Waals surface area contributed by atoms with E-state index >= 15 is 0 Å². The van der Waals surface area contributed by atoms with E-state index in [1.54, 1.807) is 0 Å². The summed E-state index contributed by atoms with van der Waals surface area (Å²) in [5.74, 6) is 1.07. The summed E-state index contributed by atoms with van der Waals surface area (Å²) in [6.45, 7) is 1.57. The van der Waals surface area contributed by atoms with Crippen LogP contribution in [0.4, 0.5) is 0 Å². The highest BCUT2D eigenvalue weighted by Gasteiger charge is 2.39. The molecule has 2 fully saturated rings. The number of aliphatic hydroxyl groups is 1. The maximum atomic E-state index is 10.2. The average Bonchev–Trinajstić information content (AvgIpc) is 3.05. The lowest BCUT2D eigenvalue weighted by Crippen LogP contribution is -2.14. The molecule has 1 aromatic rings. The van der Waals surface area contributed by atoms with Crippen molar-refractivity contribution in [3.63, 3.8) is 0 Å². The number of aliphatic hydroxyl groups excluding tert-OH is 1. The fourth-order valence-corrected chi connectivity index (χ4v) is 4.05. The molecular formula is C18H20O2. The van der Waals surface area contributed by atoms with Gasteiger partial charge in [-0.05, 0) is 24.0 Å². The van der Waals surface area contributed by atoms with Crippen molar-refractivity contribution in [2.75, 3.05) is 13.2 Å². The van der Waals surface area contributed by atoms with Crippen LogP contribution in [0.3, 0.4) is 0 Å². The third-order valence-electron chi connectivity index (χ3n) is 5.09. The molecule has 0 unspecified atom stereocenters. The molecule has 1 saturated carbocycles. The number of fused-ring (bicyclic) bond motifs is 2. The van der Waals surface area contributed by atoms with Gasteiger partial charge in [0.15, 0.2) is 0 Å². The second kappa shape index (κ2) is 4.87. The predicted octanol–water partition coefficient (Wildman–Crippen LogP) is 3.05. The second-order valence-corrected chi connectivity index (χ2v) is 6.13. The van der Waals surface area contributed by atoms with Crippen molar-refractivity contribution in [1.82, 2.24) is 0 Å². The molecule has 1 heterocycles. The Morgan fingerprint density at radius 2 is 1.80 bits per heavy atom. The van der Waals surface area contributed by atoms with Gasteiger partial charge in [0.1, 0.15) is 0 Å². The summed E-state index contributed by atoms with van der Waals surface area (Å²) in [6.07, 6.45) is 6.28. The van der Waals surface area contributed by atoms with Crippen LogP contribution in [-0.2, 0) is 4.74 Å². The molecular weight excluding hydrogens is 248 g/mol. The average molecular weight is 268 g/mol. The van der Waals surface area contributed by atoms with Gasteiger partial charge in [-0.25, -0.2) is 0 Å². The fourth-order valence-electron chi connectivity index (χ4n) is 4.05. The zero-order valence-electron chi connectivity index (χ0n) is 11.5. The van der Waals surface area contributed by atoms with Crippen LogP contribution in [0.15, 0.2) is 53.6 Å². The molecule has 0 spiro atoms. The Morgan fingerprint density at radius 1 is 1.00 bits per heavy atom. The number of allylic oxidation sites excluding steroid dienone is 1. The van der Waals surface area contributed by atoms with Crippen LogP contribution >= 0.6 is 0 Å². The zero-order valence-corrected chi connectivity index (χ0v) is 11.5. The third-order valence-corrected chi connectivity index (χ3v) is 5.09. The summed E-state index contributed by atoms with van der Waals surface area (Å²) < 4.78 is 5.77. The highest BCUT2D eigenvalue weighted by molar-refractivity contribution is 5.39. The largest absolute Gasteiger partial charge is 0.392 e. The van der Waals surface area contributed by atoms with Crippen LogP contribution in [-0.4, -0.2) is 24.4 Å². The molecule has 0 bridgehead atoms. The smallest absolute Gasteiger partial charge is 0.0683 e. The van der Waals surface area contributed by atoms with E-state index in [4.69, 9.17) is 4.74 Å². The minimum atomic E-state index is -0.204. The molecule has 1 N–H and O–H groups in total. The van der Waals surface area contributed by atoms with Crippen LogP contribution in [0.25, 0.3) is 0 Å². The Labute approximate surface area is 119 Å². The molecule has 20 heavy (non-hydrogen) atoms. The first-order chi connectivity index (χ1) is 9.84. The number of rotatable bonds is 1. The number of ether oxygens (including phenoxy) is 1. The van der Waals surface area contributed by atoms with Crippen molar-refractivity contribution in [3.05, 3.63) is 59.2 Å². The fraction of sp³-hybridized carbons (Fsp3) is 0.444. The molecule has 4 rings (SSSR count). The van der Waals surface area contributed by atoms with Gasteiger partial charge in [0.2, 0.25) is 0 Å². The van der Waals surface area contributed by atoms with E-state index in [0.717, 1.165) is 26.1 Å². The first-order valence-electron chi connectivity index (χ1n) is 7.55. The molecule has 3 aliphatic rings. The van der Waals surface area contributed by atoms with Crippen molar-refractivity contribution >= 4 is 0 Å². The summed E-state index contributed by atoms with van der Waals surface area (Å²) in [7, 11) is 0. The molecule has 2 nitrogen and oxygen atoms in total. The second-order valence-electron chi connectivity index (χ2n) is 6.13. The first-order valence-corrected chi connectivity index (χ1v) is 7.55. The zero-order chi connectivity index (χ0) is 13.5. The van der Waals surface area contributed by atoms with Crippen LogP contribution in [0.2, 0.25) is 0 Å². The predicted molar refractivity (Wildman–Crippen MR) is 78.4 cm³/mol. The molecule has 1 aliphatic heterocycles. The minimum absolute atomic E-state index is 0.204. The Morgan fingerprint density at radius 3 is 2.65 bits per heavy atom. The van der Waals surface area contributed by atoms with Gasteiger partial charge in [-0.2, -0.15) is 0 Å². The molecule has 104 valence electrons.